The fraction of sp³-hybridized carbons (Fsp3) is 0.167. The van der Waals surface area contributed by atoms with Gasteiger partial charge in [0.15, 0.2) is 0 Å². The first kappa shape index (κ1) is 16.3. The third-order valence-corrected chi connectivity index (χ3v) is 3.57. The molecule has 3 aromatic rings. The summed E-state index contributed by atoms with van der Waals surface area (Å²) in [5.74, 6) is 0.924. The van der Waals surface area contributed by atoms with Crippen LogP contribution >= 0.6 is 0 Å². The molecule has 1 N–H and O–H groups in total. The van der Waals surface area contributed by atoms with E-state index in [0.717, 1.165) is 18.8 Å². The number of methoxy groups -OCH3 is 1. The fourth-order valence-corrected chi connectivity index (χ4v) is 2.52. The Morgan fingerprint density at radius 1 is 1.00 bits per heavy atom. The molecule has 114 valence electrons. The Kier molecular flexibility index (Phi) is 5.75. The fourth-order valence-electron chi connectivity index (χ4n) is 2.52. The van der Waals surface area contributed by atoms with E-state index in [9.17, 15) is 0 Å². The Morgan fingerprint density at radius 2 is 1.86 bits per heavy atom. The maximum Gasteiger partial charge on any atom is 0.123 e. The maximum atomic E-state index is 5.50. The zero-order valence-electron chi connectivity index (χ0n) is 12.4. The van der Waals surface area contributed by atoms with Crippen LogP contribution in [0.15, 0.2) is 60.9 Å². The van der Waals surface area contributed by atoms with Gasteiger partial charge < -0.3 is 22.5 Å². The van der Waals surface area contributed by atoms with Crippen molar-refractivity contribution >= 4 is 10.8 Å². The molecule has 0 amide bonds. The third kappa shape index (κ3) is 3.56. The normalized spacial score (nSPS) is 10.2. The minimum absolute atomic E-state index is 0. The van der Waals surface area contributed by atoms with E-state index in [2.05, 4.69) is 46.7 Å². The first-order valence-electron chi connectivity index (χ1n) is 7.03. The summed E-state index contributed by atoms with van der Waals surface area (Å²) in [6.45, 7) is 1.56. The molecule has 3 nitrogen and oxygen atoms in total. The van der Waals surface area contributed by atoms with Crippen molar-refractivity contribution in [3.05, 3.63) is 72.1 Å². The van der Waals surface area contributed by atoms with Gasteiger partial charge in [-0.05, 0) is 28.5 Å². The summed E-state index contributed by atoms with van der Waals surface area (Å²) >= 11 is 0. The number of nitrogens with zero attached hydrogens (tertiary/aromatic N) is 1. The van der Waals surface area contributed by atoms with Crippen LogP contribution in [0.2, 0.25) is 0 Å². The summed E-state index contributed by atoms with van der Waals surface area (Å²) in [5.41, 5.74) is 2.37. The number of halogens is 1. The van der Waals surface area contributed by atoms with Crippen molar-refractivity contribution in [2.24, 2.45) is 0 Å². The summed E-state index contributed by atoms with van der Waals surface area (Å²) in [4.78, 5) is 4.13. The molecule has 3 rings (SSSR count). The number of hydrogen-bond donors (Lipinski definition) is 1. The number of rotatable bonds is 5. The molecule has 22 heavy (non-hydrogen) atoms. The van der Waals surface area contributed by atoms with E-state index in [0.29, 0.717) is 0 Å². The van der Waals surface area contributed by atoms with Crippen LogP contribution in [-0.4, -0.2) is 12.1 Å². The highest BCUT2D eigenvalue weighted by molar-refractivity contribution is 5.87. The van der Waals surface area contributed by atoms with E-state index in [1.54, 1.807) is 13.3 Å². The smallest absolute Gasteiger partial charge is 0.123 e. The number of pyridine rings is 1. The van der Waals surface area contributed by atoms with Crippen LogP contribution in [0.4, 0.5) is 0 Å². The zero-order chi connectivity index (χ0) is 14.5. The van der Waals surface area contributed by atoms with Crippen molar-refractivity contribution in [1.82, 2.24) is 10.3 Å². The first-order chi connectivity index (χ1) is 10.4. The average molecular weight is 314 g/mol. The Balaban J connectivity index is 0.00000176. The number of fused-ring (bicyclic) bond motifs is 1. The van der Waals surface area contributed by atoms with Gasteiger partial charge in [0.25, 0.3) is 0 Å². The van der Waals surface area contributed by atoms with Gasteiger partial charge in [0.1, 0.15) is 5.75 Å². The number of aromatic nitrogens is 1. The largest absolute Gasteiger partial charge is 1.00 e. The quantitative estimate of drug-likeness (QED) is 0.746. The lowest BCUT2D eigenvalue weighted by molar-refractivity contribution is -0.00000453. The lowest BCUT2D eigenvalue weighted by Crippen LogP contribution is -3.00. The second kappa shape index (κ2) is 7.78. The Labute approximate surface area is 136 Å². The summed E-state index contributed by atoms with van der Waals surface area (Å²) in [6.07, 6.45) is 3.67. The summed E-state index contributed by atoms with van der Waals surface area (Å²) in [6, 6.07) is 16.5. The molecule has 0 spiro atoms. The van der Waals surface area contributed by atoms with Gasteiger partial charge in [0, 0.05) is 31.0 Å². The van der Waals surface area contributed by atoms with Gasteiger partial charge in [-0.2, -0.15) is 0 Å². The molecule has 0 saturated carbocycles. The molecule has 0 atom stereocenters. The van der Waals surface area contributed by atoms with Crippen LogP contribution in [0.25, 0.3) is 10.8 Å². The molecule has 1 heterocycles. The Hall–Kier alpha value is -2.10. The second-order valence-electron chi connectivity index (χ2n) is 4.93. The number of ether oxygens (including phenoxy) is 1. The summed E-state index contributed by atoms with van der Waals surface area (Å²) < 4.78 is 5.50. The highest BCUT2D eigenvalue weighted by atomic mass is 35.5. The highest BCUT2D eigenvalue weighted by Crippen LogP contribution is 2.27. The van der Waals surface area contributed by atoms with E-state index in [-0.39, 0.29) is 12.4 Å². The maximum absolute atomic E-state index is 5.50. The highest BCUT2D eigenvalue weighted by Gasteiger charge is 2.07. The molecule has 0 aliphatic heterocycles. The summed E-state index contributed by atoms with van der Waals surface area (Å²) in [5, 5.41) is 5.93. The van der Waals surface area contributed by atoms with Crippen molar-refractivity contribution in [2.45, 2.75) is 13.1 Å². The minimum Gasteiger partial charge on any atom is -1.00 e. The molecule has 2 aromatic carbocycles. The van der Waals surface area contributed by atoms with Crippen LogP contribution in [-0.2, 0) is 13.1 Å². The Bertz CT molecular complexity index is 731. The lowest BCUT2D eigenvalue weighted by Gasteiger charge is -2.13. The molecule has 0 radical (unpaired) electrons. The topological polar surface area (TPSA) is 34.1 Å². The monoisotopic (exact) mass is 313 g/mol. The molecule has 0 fully saturated rings. The van der Waals surface area contributed by atoms with Gasteiger partial charge in [-0.1, -0.05) is 36.4 Å². The standard InChI is InChI=1S/C18H18N2O.ClH/c1-21-18-9-8-15-6-2-3-7-16(15)17(18)13-20-12-14-5-4-10-19-11-14;/h2-11,20H,12-13H2,1H3;1H/p-1. The van der Waals surface area contributed by atoms with Crippen LogP contribution in [0.5, 0.6) is 5.75 Å². The van der Waals surface area contributed by atoms with Gasteiger partial charge in [-0.3, -0.25) is 4.98 Å². The third-order valence-electron chi connectivity index (χ3n) is 3.57. The minimum atomic E-state index is 0. The first-order valence-corrected chi connectivity index (χ1v) is 7.03. The molecule has 0 bridgehead atoms. The van der Waals surface area contributed by atoms with Crippen molar-refractivity contribution < 1.29 is 17.1 Å². The summed E-state index contributed by atoms with van der Waals surface area (Å²) in [7, 11) is 1.72. The van der Waals surface area contributed by atoms with E-state index in [1.165, 1.54) is 21.9 Å². The van der Waals surface area contributed by atoms with Crippen molar-refractivity contribution in [3.63, 3.8) is 0 Å². The lowest BCUT2D eigenvalue weighted by atomic mass is 10.0. The van der Waals surface area contributed by atoms with Crippen LogP contribution < -0.4 is 22.5 Å². The van der Waals surface area contributed by atoms with Gasteiger partial charge in [0.05, 0.1) is 7.11 Å². The van der Waals surface area contributed by atoms with Gasteiger partial charge in [0.2, 0.25) is 0 Å². The van der Waals surface area contributed by atoms with Crippen molar-refractivity contribution in [2.75, 3.05) is 7.11 Å². The zero-order valence-corrected chi connectivity index (χ0v) is 13.2. The van der Waals surface area contributed by atoms with Crippen LogP contribution in [0.3, 0.4) is 0 Å². The molecule has 0 unspecified atom stereocenters. The predicted octanol–water partition coefficient (Wildman–Crippen LogP) is 0.537. The molecule has 4 heteroatoms. The molecule has 0 aliphatic rings. The van der Waals surface area contributed by atoms with Crippen LogP contribution in [0, 0.1) is 0 Å². The van der Waals surface area contributed by atoms with E-state index in [1.807, 2.05) is 18.3 Å². The number of hydrogen-bond acceptors (Lipinski definition) is 3. The molecule has 1 aromatic heterocycles. The van der Waals surface area contributed by atoms with E-state index in [4.69, 9.17) is 4.74 Å². The van der Waals surface area contributed by atoms with Gasteiger partial charge >= 0.3 is 0 Å². The molecule has 0 saturated heterocycles. The van der Waals surface area contributed by atoms with Crippen LogP contribution in [0.1, 0.15) is 11.1 Å². The SMILES string of the molecule is COc1ccc2ccccc2c1CNCc1cccnc1.[Cl-]. The van der Waals surface area contributed by atoms with Gasteiger partial charge in [-0.15, -0.1) is 0 Å². The number of nitrogens with one attached hydrogen (secondary N) is 1. The van der Waals surface area contributed by atoms with E-state index < -0.39 is 0 Å². The average Bonchev–Trinajstić information content (AvgIpc) is 2.56. The predicted molar refractivity (Wildman–Crippen MR) is 85.3 cm³/mol. The van der Waals surface area contributed by atoms with Crippen molar-refractivity contribution in [3.8, 4) is 5.75 Å². The second-order valence-corrected chi connectivity index (χ2v) is 4.93. The molecule has 0 aliphatic carbocycles. The van der Waals surface area contributed by atoms with E-state index >= 15 is 0 Å². The number of benzene rings is 2. The van der Waals surface area contributed by atoms with Gasteiger partial charge in [-0.25, -0.2) is 0 Å². The molecular weight excluding hydrogens is 296 g/mol. The Morgan fingerprint density at radius 3 is 2.64 bits per heavy atom. The van der Waals surface area contributed by atoms with Crippen molar-refractivity contribution in [1.29, 1.82) is 0 Å². The molecular formula is C18H18ClN2O-.